The normalized spacial score (nSPS) is 11.1. The zero-order valence-electron chi connectivity index (χ0n) is 8.22. The smallest absolute Gasteiger partial charge is 0.328 e. The van der Waals surface area contributed by atoms with E-state index in [1.807, 2.05) is 12.1 Å². The summed E-state index contributed by atoms with van der Waals surface area (Å²) in [6, 6.07) is 7.28. The maximum absolute atomic E-state index is 10.4. The lowest BCUT2D eigenvalue weighted by Gasteiger charge is -2.01. The number of aliphatic carboxylic acids is 1. The lowest BCUT2D eigenvalue weighted by atomic mass is 10.1. The van der Waals surface area contributed by atoms with Crippen LogP contribution in [0.25, 0.3) is 16.8 Å². The van der Waals surface area contributed by atoms with Crippen LogP contribution in [0.15, 0.2) is 36.5 Å². The van der Waals surface area contributed by atoms with Gasteiger partial charge < -0.3 is 5.11 Å². The minimum atomic E-state index is -0.999. The van der Waals surface area contributed by atoms with Gasteiger partial charge in [-0.2, -0.15) is 0 Å². The van der Waals surface area contributed by atoms with Crippen molar-refractivity contribution in [2.45, 2.75) is 0 Å². The van der Waals surface area contributed by atoms with Gasteiger partial charge in [-0.15, -0.1) is 0 Å². The number of hydrogen-bond donors (Lipinski definition) is 1. The third-order valence-electron chi connectivity index (χ3n) is 2.14. The summed E-state index contributed by atoms with van der Waals surface area (Å²) < 4.78 is 0. The van der Waals surface area contributed by atoms with Gasteiger partial charge in [-0.3, -0.25) is 4.98 Å². The molecule has 0 amide bonds. The van der Waals surface area contributed by atoms with E-state index in [1.165, 1.54) is 6.08 Å². The molecule has 0 saturated carbocycles. The van der Waals surface area contributed by atoms with Crippen LogP contribution in [0.3, 0.4) is 0 Å². The van der Waals surface area contributed by atoms with Crippen LogP contribution in [-0.2, 0) is 4.79 Å². The Labute approximate surface area is 97.0 Å². The number of hydrogen-bond acceptors (Lipinski definition) is 2. The molecule has 0 aliphatic carbocycles. The molecule has 0 aliphatic rings. The molecule has 0 saturated heterocycles. The summed E-state index contributed by atoms with van der Waals surface area (Å²) in [7, 11) is 0. The predicted molar refractivity (Wildman–Crippen MR) is 63.4 cm³/mol. The van der Waals surface area contributed by atoms with E-state index in [1.54, 1.807) is 18.3 Å². The van der Waals surface area contributed by atoms with Gasteiger partial charge in [0.15, 0.2) is 0 Å². The summed E-state index contributed by atoms with van der Waals surface area (Å²) in [5.74, 6) is -0.999. The lowest BCUT2D eigenvalue weighted by molar-refractivity contribution is -0.131. The molecular weight excluding hydrogens is 226 g/mol. The van der Waals surface area contributed by atoms with Crippen molar-refractivity contribution in [3.05, 3.63) is 47.3 Å². The third kappa shape index (κ3) is 2.20. The van der Waals surface area contributed by atoms with E-state index in [0.717, 1.165) is 16.8 Å². The first-order chi connectivity index (χ1) is 7.66. The van der Waals surface area contributed by atoms with E-state index in [2.05, 4.69) is 4.98 Å². The van der Waals surface area contributed by atoms with Gasteiger partial charge in [0, 0.05) is 22.7 Å². The molecule has 0 atom stereocenters. The maximum Gasteiger partial charge on any atom is 0.328 e. The molecule has 3 nitrogen and oxygen atoms in total. The fourth-order valence-corrected chi connectivity index (χ4v) is 1.62. The van der Waals surface area contributed by atoms with Crippen molar-refractivity contribution in [3.63, 3.8) is 0 Å². The third-order valence-corrected chi connectivity index (χ3v) is 2.38. The molecule has 1 heterocycles. The molecule has 0 fully saturated rings. The number of rotatable bonds is 2. The van der Waals surface area contributed by atoms with Crippen LogP contribution in [0, 0.1) is 0 Å². The molecular formula is C12H8ClNO2. The highest BCUT2D eigenvalue weighted by atomic mass is 35.5. The SMILES string of the molecule is O=C(O)/C=C/c1nccc2ccc(Cl)cc12. The van der Waals surface area contributed by atoms with Crippen molar-refractivity contribution in [3.8, 4) is 0 Å². The number of carboxylic acid groups (broad SMARTS) is 1. The molecule has 80 valence electrons. The Balaban J connectivity index is 2.60. The predicted octanol–water partition coefficient (Wildman–Crippen LogP) is 2.99. The number of benzene rings is 1. The summed E-state index contributed by atoms with van der Waals surface area (Å²) in [5, 5.41) is 11.0. The second kappa shape index (κ2) is 4.33. The van der Waals surface area contributed by atoms with Crippen LogP contribution < -0.4 is 0 Å². The van der Waals surface area contributed by atoms with E-state index in [-0.39, 0.29) is 0 Å². The molecule has 0 spiro atoms. The topological polar surface area (TPSA) is 50.2 Å². The maximum atomic E-state index is 10.4. The number of pyridine rings is 1. The van der Waals surface area contributed by atoms with Gasteiger partial charge in [-0.25, -0.2) is 4.79 Å². The van der Waals surface area contributed by atoms with Gasteiger partial charge in [0.1, 0.15) is 0 Å². The monoisotopic (exact) mass is 233 g/mol. The van der Waals surface area contributed by atoms with Crippen molar-refractivity contribution in [1.29, 1.82) is 0 Å². The molecule has 0 aliphatic heterocycles. The first-order valence-corrected chi connectivity index (χ1v) is 5.00. The van der Waals surface area contributed by atoms with Crippen LogP contribution in [0.4, 0.5) is 0 Å². The highest BCUT2D eigenvalue weighted by Gasteiger charge is 2.00. The number of aromatic nitrogens is 1. The van der Waals surface area contributed by atoms with E-state index in [9.17, 15) is 4.79 Å². The summed E-state index contributed by atoms with van der Waals surface area (Å²) in [6.07, 6.45) is 4.15. The standard InChI is InChI=1S/C12H8ClNO2/c13-9-2-1-8-5-6-14-11(10(8)7-9)3-4-12(15)16/h1-7H,(H,15,16)/b4-3+. The Morgan fingerprint density at radius 2 is 2.19 bits per heavy atom. The van der Waals surface area contributed by atoms with Crippen molar-refractivity contribution in [2.75, 3.05) is 0 Å². The van der Waals surface area contributed by atoms with Crippen molar-refractivity contribution in [1.82, 2.24) is 4.98 Å². The number of halogens is 1. The van der Waals surface area contributed by atoms with Gasteiger partial charge in [0.2, 0.25) is 0 Å². The van der Waals surface area contributed by atoms with E-state index in [0.29, 0.717) is 10.7 Å². The Hall–Kier alpha value is -1.87. The molecule has 2 rings (SSSR count). The zero-order chi connectivity index (χ0) is 11.5. The lowest BCUT2D eigenvalue weighted by Crippen LogP contribution is -1.88. The molecule has 1 aromatic heterocycles. The number of fused-ring (bicyclic) bond motifs is 1. The summed E-state index contributed by atoms with van der Waals surface area (Å²) in [5.41, 5.74) is 0.599. The van der Waals surface area contributed by atoms with E-state index >= 15 is 0 Å². The minimum absolute atomic E-state index is 0.599. The Morgan fingerprint density at radius 3 is 2.94 bits per heavy atom. The fraction of sp³-hybridized carbons (Fsp3) is 0. The second-order valence-corrected chi connectivity index (χ2v) is 3.67. The van der Waals surface area contributed by atoms with Crippen LogP contribution >= 0.6 is 11.6 Å². The summed E-state index contributed by atoms with van der Waals surface area (Å²) in [4.78, 5) is 14.5. The van der Waals surface area contributed by atoms with Crippen molar-refractivity contribution < 1.29 is 9.90 Å². The number of nitrogens with zero attached hydrogens (tertiary/aromatic N) is 1. The second-order valence-electron chi connectivity index (χ2n) is 3.23. The molecule has 0 radical (unpaired) electrons. The van der Waals surface area contributed by atoms with Gasteiger partial charge in [0.05, 0.1) is 5.69 Å². The van der Waals surface area contributed by atoms with E-state index in [4.69, 9.17) is 16.7 Å². The number of carboxylic acids is 1. The molecule has 16 heavy (non-hydrogen) atoms. The highest BCUT2D eigenvalue weighted by molar-refractivity contribution is 6.31. The fourth-order valence-electron chi connectivity index (χ4n) is 1.45. The van der Waals surface area contributed by atoms with Crippen LogP contribution in [0.5, 0.6) is 0 Å². The molecule has 0 bridgehead atoms. The van der Waals surface area contributed by atoms with Crippen LogP contribution in [0.1, 0.15) is 5.69 Å². The quantitative estimate of drug-likeness (QED) is 0.812. The molecule has 0 unspecified atom stereocenters. The Morgan fingerprint density at radius 1 is 1.38 bits per heavy atom. The average Bonchev–Trinajstić information content (AvgIpc) is 2.26. The average molecular weight is 234 g/mol. The Kier molecular flexibility index (Phi) is 2.88. The molecule has 4 heteroatoms. The van der Waals surface area contributed by atoms with Crippen molar-refractivity contribution in [2.24, 2.45) is 0 Å². The van der Waals surface area contributed by atoms with Crippen LogP contribution in [-0.4, -0.2) is 16.1 Å². The van der Waals surface area contributed by atoms with Crippen LogP contribution in [0.2, 0.25) is 5.02 Å². The molecule has 1 aromatic carbocycles. The highest BCUT2D eigenvalue weighted by Crippen LogP contribution is 2.22. The van der Waals surface area contributed by atoms with E-state index < -0.39 is 5.97 Å². The van der Waals surface area contributed by atoms with Gasteiger partial charge in [-0.05, 0) is 29.7 Å². The van der Waals surface area contributed by atoms with Gasteiger partial charge >= 0.3 is 5.97 Å². The molecule has 1 N–H and O–H groups in total. The number of carbonyl (C=O) groups is 1. The van der Waals surface area contributed by atoms with Crippen molar-refractivity contribution >= 4 is 34.4 Å². The Bertz CT molecular complexity index is 578. The first kappa shape index (κ1) is 10.6. The minimum Gasteiger partial charge on any atom is -0.478 e. The first-order valence-electron chi connectivity index (χ1n) is 4.62. The largest absolute Gasteiger partial charge is 0.478 e. The molecule has 2 aromatic rings. The zero-order valence-corrected chi connectivity index (χ0v) is 8.98. The summed E-state index contributed by atoms with van der Waals surface area (Å²) in [6.45, 7) is 0. The van der Waals surface area contributed by atoms with Gasteiger partial charge in [0.25, 0.3) is 0 Å². The summed E-state index contributed by atoms with van der Waals surface area (Å²) >= 11 is 5.89. The van der Waals surface area contributed by atoms with Gasteiger partial charge in [-0.1, -0.05) is 17.7 Å².